The van der Waals surface area contributed by atoms with Gasteiger partial charge in [0.15, 0.2) is 5.60 Å². The quantitative estimate of drug-likeness (QED) is 0.141. The molecule has 0 saturated carbocycles. The standard InChI is InChI=1S/C32H31ClO3S/c1-31(2,3)35-26-18-13-23(14-19-26)15-22-30(34)36-32(24-9-5-4-6-10-24,25-16-20-27(37)21-17-25)28-11-7-8-12-29(28)33/h4-14,16-21,37H,15,22H2,1-3H3. The van der Waals surface area contributed by atoms with Crippen LogP contribution in [0.5, 0.6) is 5.75 Å². The van der Waals surface area contributed by atoms with Crippen LogP contribution in [0.15, 0.2) is 108 Å². The highest BCUT2D eigenvalue weighted by Crippen LogP contribution is 2.44. The second-order valence-electron chi connectivity index (χ2n) is 9.91. The average molecular weight is 531 g/mol. The zero-order valence-corrected chi connectivity index (χ0v) is 22.9. The third kappa shape index (κ3) is 6.57. The maximum absolute atomic E-state index is 13.5. The summed E-state index contributed by atoms with van der Waals surface area (Å²) in [6.07, 6.45) is 0.751. The lowest BCUT2D eigenvalue weighted by Crippen LogP contribution is -2.35. The zero-order chi connectivity index (χ0) is 26.5. The molecule has 0 radical (unpaired) electrons. The summed E-state index contributed by atoms with van der Waals surface area (Å²) >= 11 is 11.2. The molecule has 0 amide bonds. The summed E-state index contributed by atoms with van der Waals surface area (Å²) in [6.45, 7) is 6.04. The molecule has 0 aliphatic carbocycles. The summed E-state index contributed by atoms with van der Waals surface area (Å²) in [6, 6.07) is 32.7. The number of carbonyl (C=O) groups excluding carboxylic acids is 1. The maximum atomic E-state index is 13.5. The first kappa shape index (κ1) is 26.8. The predicted molar refractivity (Wildman–Crippen MR) is 153 cm³/mol. The van der Waals surface area contributed by atoms with E-state index < -0.39 is 5.60 Å². The molecular formula is C32H31ClO3S. The van der Waals surface area contributed by atoms with Gasteiger partial charge in [-0.2, -0.15) is 0 Å². The molecule has 0 aliphatic rings. The van der Waals surface area contributed by atoms with Gasteiger partial charge in [0, 0.05) is 33.0 Å². The minimum atomic E-state index is -1.22. The Bertz CT molecular complexity index is 1330. The molecular weight excluding hydrogens is 500 g/mol. The van der Waals surface area contributed by atoms with E-state index in [-0.39, 0.29) is 18.0 Å². The first-order valence-electron chi connectivity index (χ1n) is 12.3. The van der Waals surface area contributed by atoms with Crippen LogP contribution < -0.4 is 4.74 Å². The van der Waals surface area contributed by atoms with E-state index >= 15 is 0 Å². The molecule has 5 heteroatoms. The maximum Gasteiger partial charge on any atom is 0.307 e. The number of ether oxygens (including phenoxy) is 2. The summed E-state index contributed by atoms with van der Waals surface area (Å²) in [4.78, 5) is 14.3. The number of hydrogen-bond donors (Lipinski definition) is 1. The van der Waals surface area contributed by atoms with Crippen LogP contribution in [0.25, 0.3) is 0 Å². The molecule has 1 atom stereocenters. The normalized spacial score (nSPS) is 13.0. The lowest BCUT2D eigenvalue weighted by atomic mass is 9.80. The Balaban J connectivity index is 1.67. The SMILES string of the molecule is CC(C)(C)Oc1ccc(CCC(=O)OC(c2ccccc2)(c2ccc(S)cc2)c2ccccc2Cl)cc1. The Morgan fingerprint density at radius 1 is 0.784 bits per heavy atom. The van der Waals surface area contributed by atoms with Gasteiger partial charge in [-0.1, -0.05) is 84.4 Å². The first-order valence-corrected chi connectivity index (χ1v) is 13.1. The van der Waals surface area contributed by atoms with E-state index in [1.165, 1.54) is 0 Å². The fourth-order valence-electron chi connectivity index (χ4n) is 4.31. The third-order valence-electron chi connectivity index (χ3n) is 5.94. The summed E-state index contributed by atoms with van der Waals surface area (Å²) in [5.74, 6) is 0.474. The fourth-order valence-corrected chi connectivity index (χ4v) is 4.73. The van der Waals surface area contributed by atoms with Gasteiger partial charge >= 0.3 is 5.97 Å². The van der Waals surface area contributed by atoms with E-state index in [2.05, 4.69) is 12.6 Å². The van der Waals surface area contributed by atoms with E-state index in [1.54, 1.807) is 0 Å². The van der Waals surface area contributed by atoms with Crippen LogP contribution in [0.4, 0.5) is 0 Å². The summed E-state index contributed by atoms with van der Waals surface area (Å²) in [7, 11) is 0. The zero-order valence-electron chi connectivity index (χ0n) is 21.3. The van der Waals surface area contributed by atoms with Crippen LogP contribution >= 0.6 is 24.2 Å². The minimum absolute atomic E-state index is 0.211. The highest BCUT2D eigenvalue weighted by atomic mass is 35.5. The van der Waals surface area contributed by atoms with Crippen molar-refractivity contribution < 1.29 is 14.3 Å². The van der Waals surface area contributed by atoms with Crippen molar-refractivity contribution in [2.75, 3.05) is 0 Å². The number of aryl methyl sites for hydroxylation is 1. The van der Waals surface area contributed by atoms with Crippen molar-refractivity contribution in [1.82, 2.24) is 0 Å². The number of halogens is 1. The summed E-state index contributed by atoms with van der Waals surface area (Å²) in [5, 5.41) is 0.517. The molecule has 0 N–H and O–H groups in total. The minimum Gasteiger partial charge on any atom is -0.488 e. The van der Waals surface area contributed by atoms with Crippen LogP contribution in [0.3, 0.4) is 0 Å². The first-order chi connectivity index (χ1) is 17.7. The molecule has 4 aromatic carbocycles. The number of carbonyl (C=O) groups is 1. The van der Waals surface area contributed by atoms with Crippen molar-refractivity contribution in [3.05, 3.63) is 130 Å². The molecule has 0 bridgehead atoms. The van der Waals surface area contributed by atoms with Crippen molar-refractivity contribution in [2.24, 2.45) is 0 Å². The molecule has 0 spiro atoms. The second-order valence-corrected chi connectivity index (χ2v) is 10.8. The van der Waals surface area contributed by atoms with Gasteiger partial charge in [-0.3, -0.25) is 4.79 Å². The van der Waals surface area contributed by atoms with Gasteiger partial charge in [-0.25, -0.2) is 0 Å². The Kier molecular flexibility index (Phi) is 8.31. The van der Waals surface area contributed by atoms with E-state index in [4.69, 9.17) is 21.1 Å². The molecule has 0 aliphatic heterocycles. The molecule has 0 fully saturated rings. The molecule has 3 nitrogen and oxygen atoms in total. The summed E-state index contributed by atoms with van der Waals surface area (Å²) < 4.78 is 12.4. The van der Waals surface area contributed by atoms with Crippen molar-refractivity contribution in [1.29, 1.82) is 0 Å². The summed E-state index contributed by atoms with van der Waals surface area (Å²) in [5.41, 5.74) is 1.85. The van der Waals surface area contributed by atoms with Gasteiger partial charge in [0.25, 0.3) is 0 Å². The van der Waals surface area contributed by atoms with Crippen molar-refractivity contribution >= 4 is 30.2 Å². The van der Waals surface area contributed by atoms with E-state index in [0.29, 0.717) is 17.0 Å². The van der Waals surface area contributed by atoms with E-state index in [9.17, 15) is 4.79 Å². The molecule has 0 saturated heterocycles. The molecule has 37 heavy (non-hydrogen) atoms. The molecule has 4 rings (SSSR count). The molecule has 1 unspecified atom stereocenters. The van der Waals surface area contributed by atoms with Crippen LogP contribution in [0, 0.1) is 0 Å². The number of benzene rings is 4. The molecule has 0 heterocycles. The topological polar surface area (TPSA) is 35.5 Å². The van der Waals surface area contributed by atoms with Gasteiger partial charge < -0.3 is 9.47 Å². The number of rotatable bonds is 8. The number of esters is 1. The monoisotopic (exact) mass is 530 g/mol. The third-order valence-corrected chi connectivity index (χ3v) is 6.57. The van der Waals surface area contributed by atoms with Crippen LogP contribution in [0.1, 0.15) is 49.4 Å². The lowest BCUT2D eigenvalue weighted by molar-refractivity contribution is -0.153. The Morgan fingerprint density at radius 3 is 2.00 bits per heavy atom. The van der Waals surface area contributed by atoms with Crippen LogP contribution in [0.2, 0.25) is 5.02 Å². The largest absolute Gasteiger partial charge is 0.488 e. The van der Waals surface area contributed by atoms with Crippen molar-refractivity contribution in [3.63, 3.8) is 0 Å². The lowest BCUT2D eigenvalue weighted by Gasteiger charge is -2.36. The smallest absolute Gasteiger partial charge is 0.307 e. The van der Waals surface area contributed by atoms with Crippen molar-refractivity contribution in [2.45, 2.75) is 49.7 Å². The highest BCUT2D eigenvalue weighted by molar-refractivity contribution is 7.80. The predicted octanol–water partition coefficient (Wildman–Crippen LogP) is 8.27. The van der Waals surface area contributed by atoms with Gasteiger partial charge in [-0.05, 0) is 63.1 Å². The molecule has 190 valence electrons. The van der Waals surface area contributed by atoms with Crippen LogP contribution in [-0.4, -0.2) is 11.6 Å². The second kappa shape index (κ2) is 11.5. The van der Waals surface area contributed by atoms with E-state index in [0.717, 1.165) is 27.3 Å². The van der Waals surface area contributed by atoms with E-state index in [1.807, 2.05) is 124 Å². The van der Waals surface area contributed by atoms with Gasteiger partial charge in [0.1, 0.15) is 11.4 Å². The highest BCUT2D eigenvalue weighted by Gasteiger charge is 2.42. The number of hydrogen-bond acceptors (Lipinski definition) is 4. The van der Waals surface area contributed by atoms with Gasteiger partial charge in [0.2, 0.25) is 0 Å². The average Bonchev–Trinajstić information content (AvgIpc) is 2.87. The molecule has 0 aromatic heterocycles. The fraction of sp³-hybridized carbons (Fsp3) is 0.219. The Hall–Kier alpha value is -3.21. The number of thiol groups is 1. The van der Waals surface area contributed by atoms with Crippen molar-refractivity contribution in [3.8, 4) is 5.75 Å². The van der Waals surface area contributed by atoms with Crippen LogP contribution in [-0.2, 0) is 21.6 Å². The molecule has 4 aromatic rings. The van der Waals surface area contributed by atoms with Gasteiger partial charge in [0.05, 0.1) is 0 Å². The van der Waals surface area contributed by atoms with Gasteiger partial charge in [-0.15, -0.1) is 12.6 Å². The Morgan fingerprint density at radius 2 is 1.38 bits per heavy atom. The Labute approximate surface area is 229 Å².